The summed E-state index contributed by atoms with van der Waals surface area (Å²) in [5.41, 5.74) is 9.47. The Balaban J connectivity index is 1.12. The Morgan fingerprint density at radius 2 is 1.22 bits per heavy atom. The van der Waals surface area contributed by atoms with E-state index in [1.807, 2.05) is 72.8 Å². The summed E-state index contributed by atoms with van der Waals surface area (Å²) >= 11 is 0. The van der Waals surface area contributed by atoms with Crippen LogP contribution in [0.5, 0.6) is 11.5 Å². The van der Waals surface area contributed by atoms with Gasteiger partial charge >= 0.3 is 6.09 Å². The number of nitrogens with two attached hydrogens (primary N) is 1. The Hall–Kier alpha value is -8.75. The summed E-state index contributed by atoms with van der Waals surface area (Å²) < 4.78 is 18.0. The van der Waals surface area contributed by atoms with Crippen molar-refractivity contribution in [3.63, 3.8) is 0 Å². The van der Waals surface area contributed by atoms with Crippen LogP contribution in [0.1, 0.15) is 47.9 Å². The van der Waals surface area contributed by atoms with Crippen LogP contribution in [0.2, 0.25) is 0 Å². The molecule has 7 amide bonds. The first kappa shape index (κ1) is 57.9. The summed E-state index contributed by atoms with van der Waals surface area (Å²) in [6, 6.07) is 34.2. The smallest absolute Gasteiger partial charge is 0.407 e. The lowest BCUT2D eigenvalue weighted by atomic mass is 9.90. The van der Waals surface area contributed by atoms with Gasteiger partial charge in [-0.15, -0.1) is 0 Å². The van der Waals surface area contributed by atoms with Crippen molar-refractivity contribution < 1.29 is 47.8 Å². The van der Waals surface area contributed by atoms with Crippen LogP contribution in [0, 0.1) is 5.92 Å². The molecule has 82 heavy (non-hydrogen) atoms. The van der Waals surface area contributed by atoms with Crippen LogP contribution in [0.4, 0.5) is 4.79 Å². The van der Waals surface area contributed by atoms with Crippen molar-refractivity contribution in [1.29, 1.82) is 0 Å². The van der Waals surface area contributed by atoms with E-state index in [9.17, 15) is 4.79 Å². The third kappa shape index (κ3) is 15.4. The van der Waals surface area contributed by atoms with E-state index in [0.717, 1.165) is 16.5 Å². The molecule has 6 aromatic rings. The Morgan fingerprint density at radius 3 is 1.94 bits per heavy atom. The minimum absolute atomic E-state index is 0.00683. The molecular weight excluding hydrogens is 1040 g/mol. The fraction of sp³-hybridized carbons (Fsp3) is 0.371. The number of aromatic nitrogens is 1. The SMILES string of the molecule is CN1C(=O)[C@H](Cc2ccc(OCc3ccccc3)cc2)NC(=O)[C@H](CC2CCNCC2)NC(=O)[C@@H](Cc2c[nH]c3ccccc23)NC(=O)[C@H](COc2ccccc2)NC(=O)[C@@H]2C[C@@H](OC(=O)NCCN)CN2C(=O)[C@@H]1Cc1ccccc1. The van der Waals surface area contributed by atoms with Crippen molar-refractivity contribution in [2.24, 2.45) is 11.7 Å². The number of benzene rings is 5. The minimum Gasteiger partial charge on any atom is -0.491 e. The maximum atomic E-state index is 15.6. The zero-order chi connectivity index (χ0) is 57.4. The highest BCUT2D eigenvalue weighted by Gasteiger charge is 2.46. The fourth-order valence-corrected chi connectivity index (χ4v) is 10.8. The molecule has 3 aliphatic heterocycles. The number of para-hydroxylation sites is 2. The van der Waals surface area contributed by atoms with Crippen LogP contribution in [-0.2, 0) is 59.4 Å². The highest BCUT2D eigenvalue weighted by atomic mass is 16.6. The number of likely N-dealkylation sites (N-methyl/N-ethyl adjacent to an activating group) is 1. The van der Waals surface area contributed by atoms with Gasteiger partial charge in [0.2, 0.25) is 35.4 Å². The number of nitrogens with one attached hydrogen (secondary N) is 7. The van der Waals surface area contributed by atoms with E-state index < -0.39 is 90.5 Å². The average molecular weight is 1120 g/mol. The lowest BCUT2D eigenvalue weighted by Crippen LogP contribution is -2.62. The summed E-state index contributed by atoms with van der Waals surface area (Å²) in [6.07, 6.45) is 1.26. The third-order valence-electron chi connectivity index (χ3n) is 15.3. The summed E-state index contributed by atoms with van der Waals surface area (Å²) in [5, 5.41) is 18.5. The van der Waals surface area contributed by atoms with Crippen molar-refractivity contribution in [2.45, 2.75) is 93.9 Å². The lowest BCUT2D eigenvalue weighted by Gasteiger charge is -2.36. The highest BCUT2D eigenvalue weighted by molar-refractivity contribution is 5.99. The molecule has 3 saturated heterocycles. The number of hydrogen-bond donors (Lipinski definition) is 8. The van der Waals surface area contributed by atoms with Gasteiger partial charge in [0.05, 0.1) is 6.54 Å². The van der Waals surface area contributed by atoms with Gasteiger partial charge in [0.15, 0.2) is 0 Å². The van der Waals surface area contributed by atoms with Gasteiger partial charge in [-0.25, -0.2) is 4.79 Å². The number of rotatable bonds is 17. The van der Waals surface area contributed by atoms with E-state index in [0.29, 0.717) is 60.7 Å². The van der Waals surface area contributed by atoms with E-state index >= 15 is 28.8 Å². The Labute approximate surface area is 476 Å². The van der Waals surface area contributed by atoms with Gasteiger partial charge in [0, 0.05) is 62.9 Å². The van der Waals surface area contributed by atoms with Crippen molar-refractivity contribution >= 4 is 52.4 Å². The molecule has 3 aliphatic rings. The Morgan fingerprint density at radius 1 is 0.622 bits per heavy atom. The second-order valence-corrected chi connectivity index (χ2v) is 21.1. The second kappa shape index (κ2) is 28.1. The standard InChI is InChI=1S/C62H72N10O10/c1-71-55(33-40-13-5-2-6-14-40)61(78)72-37-47(82-62(79)65-30-27-63)35-54(72)59(76)70-53(39-81-45-17-9-4-10-18-45)58(75)68-51(34-44-36-66-49-20-12-11-19-48(44)49)57(74)67-50(31-42-25-28-64-29-26-42)56(73)69-52(60(71)77)32-41-21-23-46(24-22-41)80-38-43-15-7-3-8-16-43/h2-24,36,42,47,50-55,64,66H,25-35,37-39,63H2,1H3,(H,65,79)(H,67,74)(H,68,75)(H,69,73)(H,70,76)/t47-,50+,51-,52+,53+,54+,55+/m1/s1. The lowest BCUT2D eigenvalue weighted by molar-refractivity contribution is -0.149. The van der Waals surface area contributed by atoms with Gasteiger partial charge in [-0.1, -0.05) is 109 Å². The summed E-state index contributed by atoms with van der Waals surface area (Å²) in [6.45, 7) is 1.28. The van der Waals surface area contributed by atoms with Gasteiger partial charge in [0.1, 0.15) is 67.1 Å². The quantitative estimate of drug-likeness (QED) is 0.0651. The van der Waals surface area contributed by atoms with E-state index in [4.69, 9.17) is 19.9 Å². The molecule has 3 fully saturated rings. The van der Waals surface area contributed by atoms with E-state index in [1.54, 1.807) is 72.9 Å². The first-order valence-corrected chi connectivity index (χ1v) is 28.1. The number of carbonyl (C=O) groups excluding carboxylic acids is 7. The summed E-state index contributed by atoms with van der Waals surface area (Å²) in [4.78, 5) is 111. The number of carbonyl (C=O) groups is 7. The normalized spacial score (nSPS) is 22.4. The molecule has 4 heterocycles. The van der Waals surface area contributed by atoms with Crippen LogP contribution in [0.3, 0.4) is 0 Å². The number of alkyl carbamates (subject to hydrolysis) is 1. The van der Waals surface area contributed by atoms with E-state index in [1.165, 1.54) is 16.8 Å². The van der Waals surface area contributed by atoms with Crippen LogP contribution in [0.15, 0.2) is 146 Å². The third-order valence-corrected chi connectivity index (χ3v) is 15.3. The molecule has 0 spiro atoms. The number of piperidine rings is 1. The Kier molecular flexibility index (Phi) is 19.8. The number of fused-ring (bicyclic) bond motifs is 2. The van der Waals surface area contributed by atoms with Crippen LogP contribution in [0.25, 0.3) is 10.9 Å². The first-order valence-electron chi connectivity index (χ1n) is 28.1. The topological polar surface area (TPSA) is 268 Å². The van der Waals surface area contributed by atoms with Crippen LogP contribution < -0.4 is 47.1 Å². The summed E-state index contributed by atoms with van der Waals surface area (Å²) in [7, 11) is 1.48. The monoisotopic (exact) mass is 1120 g/mol. The zero-order valence-corrected chi connectivity index (χ0v) is 45.9. The molecule has 0 aliphatic carbocycles. The molecule has 9 rings (SSSR count). The van der Waals surface area contributed by atoms with Crippen molar-refractivity contribution in [1.82, 2.24) is 46.7 Å². The number of nitrogens with zero attached hydrogens (tertiary/aromatic N) is 2. The molecule has 430 valence electrons. The van der Waals surface area contributed by atoms with Crippen LogP contribution in [-0.4, -0.2) is 145 Å². The predicted molar refractivity (Wildman–Crippen MR) is 307 cm³/mol. The number of aromatic amines is 1. The van der Waals surface area contributed by atoms with Crippen LogP contribution >= 0.6 is 0 Å². The molecule has 0 bridgehead atoms. The minimum atomic E-state index is -1.47. The average Bonchev–Trinajstić information content (AvgIpc) is 4.30. The van der Waals surface area contributed by atoms with Gasteiger partial charge < -0.3 is 66.6 Å². The predicted octanol–water partition coefficient (Wildman–Crippen LogP) is 3.68. The number of H-pyrrole nitrogens is 1. The molecule has 7 atom stereocenters. The number of ether oxygens (including phenoxy) is 3. The molecular formula is C62H72N10O10. The molecule has 9 N–H and O–H groups in total. The molecule has 0 radical (unpaired) electrons. The van der Waals surface area contributed by atoms with Crippen molar-refractivity contribution in [3.8, 4) is 11.5 Å². The maximum absolute atomic E-state index is 15.6. The van der Waals surface area contributed by atoms with Gasteiger partial charge in [0.25, 0.3) is 0 Å². The molecule has 20 heteroatoms. The van der Waals surface area contributed by atoms with Crippen molar-refractivity contribution in [3.05, 3.63) is 168 Å². The van der Waals surface area contributed by atoms with Gasteiger partial charge in [-0.2, -0.15) is 0 Å². The molecule has 0 unspecified atom stereocenters. The van der Waals surface area contributed by atoms with Gasteiger partial charge in [-0.05, 0) is 90.9 Å². The van der Waals surface area contributed by atoms with Gasteiger partial charge in [-0.3, -0.25) is 28.8 Å². The molecule has 5 aromatic carbocycles. The second-order valence-electron chi connectivity index (χ2n) is 21.1. The number of amides is 7. The highest BCUT2D eigenvalue weighted by Crippen LogP contribution is 2.27. The Bertz CT molecular complexity index is 3120. The first-order chi connectivity index (χ1) is 39.9. The fourth-order valence-electron chi connectivity index (χ4n) is 10.8. The number of hydrogen-bond acceptors (Lipinski definition) is 12. The molecule has 0 saturated carbocycles. The zero-order valence-electron chi connectivity index (χ0n) is 45.9. The largest absolute Gasteiger partial charge is 0.491 e. The van der Waals surface area contributed by atoms with E-state index in [-0.39, 0.29) is 57.7 Å². The van der Waals surface area contributed by atoms with Crippen molar-refractivity contribution in [2.75, 3.05) is 46.4 Å². The summed E-state index contributed by atoms with van der Waals surface area (Å²) in [5.74, 6) is -3.22. The molecule has 20 nitrogen and oxygen atoms in total. The van der Waals surface area contributed by atoms with E-state index in [2.05, 4.69) is 36.9 Å². The molecule has 1 aromatic heterocycles. The maximum Gasteiger partial charge on any atom is 0.407 e.